The van der Waals surface area contributed by atoms with Crippen molar-refractivity contribution in [3.63, 3.8) is 0 Å². The number of hydrogen-bond donors (Lipinski definition) is 1. The SMILES string of the molecule is O=C1CSc2ccc(C(=O)N3CCN(CC(=O)N4CCOCC4)CC3)cc2N1. The molecule has 0 spiro atoms. The quantitative estimate of drug-likeness (QED) is 0.783. The number of thioether (sulfide) groups is 1. The number of nitrogens with one attached hydrogen (secondary N) is 1. The lowest BCUT2D eigenvalue weighted by Gasteiger charge is -2.36. The van der Waals surface area contributed by atoms with Crippen LogP contribution in [0.25, 0.3) is 0 Å². The summed E-state index contributed by atoms with van der Waals surface area (Å²) < 4.78 is 5.29. The van der Waals surface area contributed by atoms with Gasteiger partial charge in [0.1, 0.15) is 0 Å². The summed E-state index contributed by atoms with van der Waals surface area (Å²) in [6, 6.07) is 5.47. The van der Waals surface area contributed by atoms with E-state index >= 15 is 0 Å². The third kappa shape index (κ3) is 4.31. The Balaban J connectivity index is 1.31. The van der Waals surface area contributed by atoms with Crippen molar-refractivity contribution in [2.45, 2.75) is 4.90 Å². The van der Waals surface area contributed by atoms with Gasteiger partial charge < -0.3 is 19.9 Å². The predicted molar refractivity (Wildman–Crippen MR) is 106 cm³/mol. The Labute approximate surface area is 168 Å². The molecule has 2 saturated heterocycles. The van der Waals surface area contributed by atoms with Crippen molar-refractivity contribution in [2.75, 3.05) is 70.1 Å². The van der Waals surface area contributed by atoms with Gasteiger partial charge in [0, 0.05) is 49.7 Å². The third-order valence-electron chi connectivity index (χ3n) is 5.24. The Bertz CT molecular complexity index is 773. The van der Waals surface area contributed by atoms with Crippen LogP contribution >= 0.6 is 11.8 Å². The van der Waals surface area contributed by atoms with Gasteiger partial charge in [-0.25, -0.2) is 0 Å². The van der Waals surface area contributed by atoms with Gasteiger partial charge in [-0.2, -0.15) is 0 Å². The highest BCUT2D eigenvalue weighted by Crippen LogP contribution is 2.32. The van der Waals surface area contributed by atoms with Crippen molar-refractivity contribution in [3.05, 3.63) is 23.8 Å². The first-order valence-electron chi connectivity index (χ1n) is 9.54. The van der Waals surface area contributed by atoms with E-state index in [1.165, 1.54) is 11.8 Å². The number of morpholine rings is 1. The normalized spacial score (nSPS) is 20.5. The minimum Gasteiger partial charge on any atom is -0.378 e. The van der Waals surface area contributed by atoms with Crippen molar-refractivity contribution in [1.29, 1.82) is 0 Å². The average Bonchev–Trinajstić information content (AvgIpc) is 2.74. The molecule has 0 aromatic heterocycles. The fraction of sp³-hybridized carbons (Fsp3) is 0.526. The van der Waals surface area contributed by atoms with Gasteiger partial charge in [0.2, 0.25) is 11.8 Å². The van der Waals surface area contributed by atoms with E-state index < -0.39 is 0 Å². The van der Waals surface area contributed by atoms with Crippen LogP contribution in [-0.4, -0.2) is 97.2 Å². The van der Waals surface area contributed by atoms with Gasteiger partial charge in [-0.15, -0.1) is 11.8 Å². The number of piperazine rings is 1. The molecule has 1 aromatic rings. The van der Waals surface area contributed by atoms with Crippen molar-refractivity contribution < 1.29 is 19.1 Å². The zero-order chi connectivity index (χ0) is 19.5. The largest absolute Gasteiger partial charge is 0.378 e. The summed E-state index contributed by atoms with van der Waals surface area (Å²) in [6.07, 6.45) is 0. The smallest absolute Gasteiger partial charge is 0.254 e. The van der Waals surface area contributed by atoms with Crippen molar-refractivity contribution in [1.82, 2.24) is 14.7 Å². The number of nitrogens with zero attached hydrogens (tertiary/aromatic N) is 3. The highest BCUT2D eigenvalue weighted by atomic mass is 32.2. The zero-order valence-electron chi connectivity index (χ0n) is 15.7. The summed E-state index contributed by atoms with van der Waals surface area (Å²) in [6.45, 7) is 5.46. The minimum absolute atomic E-state index is 0.0354. The monoisotopic (exact) mass is 404 g/mol. The van der Waals surface area contributed by atoms with Gasteiger partial charge in [0.05, 0.1) is 31.2 Å². The highest BCUT2D eigenvalue weighted by Gasteiger charge is 2.26. The van der Waals surface area contributed by atoms with E-state index in [0.717, 1.165) is 4.90 Å². The summed E-state index contributed by atoms with van der Waals surface area (Å²) in [7, 11) is 0. The molecule has 2 fully saturated rings. The number of benzene rings is 1. The number of anilines is 1. The topological polar surface area (TPSA) is 82.2 Å². The molecule has 1 N–H and O–H groups in total. The fourth-order valence-electron chi connectivity index (χ4n) is 3.61. The van der Waals surface area contributed by atoms with Crippen LogP contribution in [0.1, 0.15) is 10.4 Å². The molecule has 0 aliphatic carbocycles. The van der Waals surface area contributed by atoms with Crippen LogP contribution in [0.2, 0.25) is 0 Å². The number of carbonyl (C=O) groups is 3. The molecule has 0 bridgehead atoms. The molecule has 3 heterocycles. The summed E-state index contributed by atoms with van der Waals surface area (Å²) in [5, 5.41) is 2.83. The second kappa shape index (κ2) is 8.50. The molecular formula is C19H24N4O4S. The van der Waals surface area contributed by atoms with E-state index in [1.807, 2.05) is 21.9 Å². The van der Waals surface area contributed by atoms with Gasteiger partial charge >= 0.3 is 0 Å². The molecule has 0 radical (unpaired) electrons. The first-order valence-corrected chi connectivity index (χ1v) is 10.5. The van der Waals surface area contributed by atoms with Crippen molar-refractivity contribution in [2.24, 2.45) is 0 Å². The molecule has 3 aliphatic heterocycles. The van der Waals surface area contributed by atoms with Crippen molar-refractivity contribution >= 4 is 35.2 Å². The number of amides is 3. The molecule has 3 aliphatic rings. The summed E-state index contributed by atoms with van der Waals surface area (Å²) in [5.74, 6) is 0.462. The van der Waals surface area contributed by atoms with Gasteiger partial charge in [-0.3, -0.25) is 19.3 Å². The Morgan fingerprint density at radius 1 is 1.04 bits per heavy atom. The van der Waals surface area contributed by atoms with Crippen LogP contribution in [0, 0.1) is 0 Å². The lowest BCUT2D eigenvalue weighted by atomic mass is 10.1. The van der Waals surface area contributed by atoms with Crippen LogP contribution in [-0.2, 0) is 14.3 Å². The molecular weight excluding hydrogens is 380 g/mol. The van der Waals surface area contributed by atoms with Crippen LogP contribution in [0.5, 0.6) is 0 Å². The van der Waals surface area contributed by atoms with E-state index in [2.05, 4.69) is 10.2 Å². The van der Waals surface area contributed by atoms with E-state index in [-0.39, 0.29) is 17.7 Å². The van der Waals surface area contributed by atoms with Crippen LogP contribution < -0.4 is 5.32 Å². The molecule has 3 amide bonds. The van der Waals surface area contributed by atoms with E-state index in [0.29, 0.717) is 76.0 Å². The Hall–Kier alpha value is -2.10. The Morgan fingerprint density at radius 3 is 2.54 bits per heavy atom. The van der Waals surface area contributed by atoms with Crippen LogP contribution in [0.15, 0.2) is 23.1 Å². The molecule has 4 rings (SSSR count). The fourth-order valence-corrected chi connectivity index (χ4v) is 4.40. The molecule has 9 heteroatoms. The van der Waals surface area contributed by atoms with Gasteiger partial charge in [-0.1, -0.05) is 0 Å². The predicted octanol–water partition coefficient (Wildman–Crippen LogP) is 0.347. The van der Waals surface area contributed by atoms with E-state index in [4.69, 9.17) is 4.74 Å². The number of hydrogen-bond acceptors (Lipinski definition) is 6. The minimum atomic E-state index is -0.0411. The molecule has 1 aromatic carbocycles. The molecule has 0 unspecified atom stereocenters. The first-order chi connectivity index (χ1) is 13.6. The molecule has 0 saturated carbocycles. The summed E-state index contributed by atoms with van der Waals surface area (Å²) >= 11 is 1.48. The first kappa shape index (κ1) is 19.2. The second-order valence-corrected chi connectivity index (χ2v) is 8.13. The Kier molecular flexibility index (Phi) is 5.84. The van der Waals surface area contributed by atoms with E-state index in [1.54, 1.807) is 6.07 Å². The lowest BCUT2D eigenvalue weighted by molar-refractivity contribution is -0.136. The van der Waals surface area contributed by atoms with Crippen LogP contribution in [0.3, 0.4) is 0 Å². The van der Waals surface area contributed by atoms with Gasteiger partial charge in [0.25, 0.3) is 5.91 Å². The maximum absolute atomic E-state index is 12.8. The highest BCUT2D eigenvalue weighted by molar-refractivity contribution is 8.00. The van der Waals surface area contributed by atoms with Crippen molar-refractivity contribution in [3.8, 4) is 0 Å². The summed E-state index contributed by atoms with van der Waals surface area (Å²) in [5.41, 5.74) is 1.29. The van der Waals surface area contributed by atoms with E-state index in [9.17, 15) is 14.4 Å². The third-order valence-corrected chi connectivity index (χ3v) is 6.32. The number of rotatable bonds is 3. The summed E-state index contributed by atoms with van der Waals surface area (Å²) in [4.78, 5) is 43.5. The maximum Gasteiger partial charge on any atom is 0.254 e. The standard InChI is InChI=1S/C19H24N4O4S/c24-17-13-28-16-2-1-14(11-15(16)20-17)19(26)23-5-3-21(4-6-23)12-18(25)22-7-9-27-10-8-22/h1-2,11H,3-10,12-13H2,(H,20,24). The zero-order valence-corrected chi connectivity index (χ0v) is 16.5. The number of carbonyl (C=O) groups excluding carboxylic acids is 3. The lowest BCUT2D eigenvalue weighted by Crippen LogP contribution is -2.52. The Morgan fingerprint density at radius 2 is 1.79 bits per heavy atom. The molecule has 150 valence electrons. The number of fused-ring (bicyclic) bond motifs is 1. The molecule has 8 nitrogen and oxygen atoms in total. The van der Waals surface area contributed by atoms with Crippen LogP contribution in [0.4, 0.5) is 5.69 Å². The second-order valence-electron chi connectivity index (χ2n) is 7.11. The van der Waals surface area contributed by atoms with Gasteiger partial charge in [0.15, 0.2) is 0 Å². The van der Waals surface area contributed by atoms with Gasteiger partial charge in [-0.05, 0) is 18.2 Å². The molecule has 0 atom stereocenters. The number of ether oxygens (including phenoxy) is 1. The average molecular weight is 404 g/mol. The molecule has 28 heavy (non-hydrogen) atoms. The maximum atomic E-state index is 12.8.